The van der Waals surface area contributed by atoms with Crippen molar-refractivity contribution in [2.45, 2.75) is 30.7 Å². The molecule has 3 rings (SSSR count). The van der Waals surface area contributed by atoms with Crippen LogP contribution in [-0.4, -0.2) is 18.4 Å². The van der Waals surface area contributed by atoms with Crippen LogP contribution in [-0.2, 0) is 0 Å². The van der Waals surface area contributed by atoms with Crippen molar-refractivity contribution >= 4 is 21.6 Å². The minimum atomic E-state index is -0.104. The number of halogens is 1. The number of hydrogen-bond donors (Lipinski definition) is 0. The van der Waals surface area contributed by atoms with Crippen LogP contribution in [0.15, 0.2) is 54.6 Å². The van der Waals surface area contributed by atoms with Crippen LogP contribution in [0.4, 0.5) is 5.69 Å². The second-order valence-electron chi connectivity index (χ2n) is 6.12. The highest BCUT2D eigenvalue weighted by molar-refractivity contribution is 9.09. The second-order valence-corrected chi connectivity index (χ2v) is 6.91. The number of anilines is 1. The van der Waals surface area contributed by atoms with Gasteiger partial charge in [-0.15, -0.1) is 0 Å². The number of nitriles is 1. The summed E-state index contributed by atoms with van der Waals surface area (Å²) in [5.74, 6) is 0.590. The van der Waals surface area contributed by atoms with Crippen LogP contribution in [0.3, 0.4) is 0 Å². The van der Waals surface area contributed by atoms with Crippen molar-refractivity contribution in [1.82, 2.24) is 0 Å². The van der Waals surface area contributed by atoms with Crippen molar-refractivity contribution in [2.24, 2.45) is 0 Å². The summed E-state index contributed by atoms with van der Waals surface area (Å²) in [5, 5.41) is 10.8. The van der Waals surface area contributed by atoms with Gasteiger partial charge in [-0.2, -0.15) is 5.26 Å². The van der Waals surface area contributed by atoms with Gasteiger partial charge in [0, 0.05) is 24.0 Å². The van der Waals surface area contributed by atoms with E-state index in [1.807, 2.05) is 7.05 Å². The molecule has 0 aromatic heterocycles. The van der Waals surface area contributed by atoms with Crippen LogP contribution in [0, 0.1) is 11.3 Å². The first kappa shape index (κ1) is 16.1. The highest BCUT2D eigenvalue weighted by Crippen LogP contribution is 2.48. The fraction of sp³-hybridized carbons (Fsp3) is 0.350. The zero-order valence-corrected chi connectivity index (χ0v) is 14.9. The number of hydrogen-bond acceptors (Lipinski definition) is 2. The molecule has 0 saturated carbocycles. The average molecular weight is 369 g/mol. The van der Waals surface area contributed by atoms with Crippen LogP contribution in [0.25, 0.3) is 0 Å². The Morgan fingerprint density at radius 3 is 2.52 bits per heavy atom. The molecule has 0 amide bonds. The van der Waals surface area contributed by atoms with Crippen molar-refractivity contribution in [2.75, 3.05) is 17.3 Å². The maximum absolute atomic E-state index is 9.80. The van der Waals surface area contributed by atoms with Gasteiger partial charge in [0.25, 0.3) is 0 Å². The minimum Gasteiger partial charge on any atom is -0.358 e. The molecule has 1 aliphatic rings. The molecular weight excluding hydrogens is 348 g/mol. The van der Waals surface area contributed by atoms with Crippen molar-refractivity contribution in [3.8, 4) is 6.07 Å². The van der Waals surface area contributed by atoms with Gasteiger partial charge in [-0.25, -0.2) is 0 Å². The number of para-hydroxylation sites is 1. The Kier molecular flexibility index (Phi) is 5.03. The minimum absolute atomic E-state index is 0.104. The third kappa shape index (κ3) is 3.01. The van der Waals surface area contributed by atoms with Crippen molar-refractivity contribution in [3.05, 3.63) is 65.7 Å². The first-order valence-corrected chi connectivity index (χ1v) is 9.22. The molecule has 0 fully saturated rings. The van der Waals surface area contributed by atoms with Crippen molar-refractivity contribution < 1.29 is 0 Å². The molecule has 2 aromatic carbocycles. The lowest BCUT2D eigenvalue weighted by atomic mass is 9.77. The first-order valence-electron chi connectivity index (χ1n) is 8.10. The lowest BCUT2D eigenvalue weighted by Gasteiger charge is -2.28. The standard InChI is InChI=1S/C20H21BrN2/c1-23-18-12-6-5-10-17(18)20(19(23)14-22)16(11-7-13-21)15-8-3-2-4-9-15/h2-6,8-10,12,16,19-20H,7,11,13H2,1H3. The largest absolute Gasteiger partial charge is 0.358 e. The highest BCUT2D eigenvalue weighted by Gasteiger charge is 2.41. The molecule has 0 bridgehead atoms. The molecule has 118 valence electrons. The topological polar surface area (TPSA) is 27.0 Å². The molecule has 0 saturated heterocycles. The number of nitrogens with zero attached hydrogens (tertiary/aromatic N) is 2. The molecule has 3 atom stereocenters. The first-order chi connectivity index (χ1) is 11.3. The molecule has 0 spiro atoms. The maximum Gasteiger partial charge on any atom is 0.124 e. The van der Waals surface area contributed by atoms with Gasteiger partial charge in [-0.3, -0.25) is 0 Å². The maximum atomic E-state index is 9.80. The van der Waals surface area contributed by atoms with Crippen LogP contribution >= 0.6 is 15.9 Å². The summed E-state index contributed by atoms with van der Waals surface area (Å²) in [5.41, 5.74) is 3.85. The van der Waals surface area contributed by atoms with E-state index in [0.717, 1.165) is 18.2 Å². The van der Waals surface area contributed by atoms with Gasteiger partial charge in [0.05, 0.1) is 6.07 Å². The van der Waals surface area contributed by atoms with Crippen LogP contribution in [0.2, 0.25) is 0 Å². The summed E-state index contributed by atoms with van der Waals surface area (Å²) in [6.45, 7) is 0. The number of likely N-dealkylation sites (N-methyl/N-ethyl adjacent to an activating group) is 1. The van der Waals surface area contributed by atoms with Gasteiger partial charge in [0.2, 0.25) is 0 Å². The van der Waals surface area contributed by atoms with E-state index in [1.54, 1.807) is 0 Å². The fourth-order valence-electron chi connectivity index (χ4n) is 3.81. The summed E-state index contributed by atoms with van der Waals surface area (Å²) < 4.78 is 0. The number of alkyl halides is 1. The Bertz CT molecular complexity index is 692. The van der Waals surface area contributed by atoms with Gasteiger partial charge in [0.15, 0.2) is 0 Å². The third-order valence-corrected chi connectivity index (χ3v) is 5.44. The molecule has 2 aromatic rings. The summed E-state index contributed by atoms with van der Waals surface area (Å²) in [4.78, 5) is 2.14. The number of benzene rings is 2. The fourth-order valence-corrected chi connectivity index (χ4v) is 4.13. The van der Waals surface area contributed by atoms with E-state index >= 15 is 0 Å². The summed E-state index contributed by atoms with van der Waals surface area (Å²) in [6.07, 6.45) is 2.19. The highest BCUT2D eigenvalue weighted by atomic mass is 79.9. The Labute approximate surface area is 146 Å². The zero-order valence-electron chi connectivity index (χ0n) is 13.3. The normalized spacial score (nSPS) is 20.8. The molecule has 0 radical (unpaired) electrons. The summed E-state index contributed by atoms with van der Waals surface area (Å²) in [6, 6.07) is 21.6. The zero-order chi connectivity index (χ0) is 16.2. The number of rotatable bonds is 5. The molecule has 1 aliphatic heterocycles. The molecular formula is C20H21BrN2. The molecule has 0 N–H and O–H groups in total. The van der Waals surface area contributed by atoms with Crippen LogP contribution in [0.1, 0.15) is 35.8 Å². The molecule has 2 nitrogen and oxygen atoms in total. The van der Waals surface area contributed by atoms with E-state index in [9.17, 15) is 5.26 Å². The van der Waals surface area contributed by atoms with Crippen molar-refractivity contribution in [1.29, 1.82) is 5.26 Å². The molecule has 0 aliphatic carbocycles. The monoisotopic (exact) mass is 368 g/mol. The van der Waals surface area contributed by atoms with E-state index in [4.69, 9.17) is 0 Å². The van der Waals surface area contributed by atoms with E-state index in [-0.39, 0.29) is 12.0 Å². The predicted molar refractivity (Wildman–Crippen MR) is 99.2 cm³/mol. The van der Waals surface area contributed by atoms with Crippen LogP contribution < -0.4 is 4.90 Å². The van der Waals surface area contributed by atoms with Gasteiger partial charge < -0.3 is 4.90 Å². The van der Waals surface area contributed by atoms with Gasteiger partial charge in [-0.05, 0) is 36.0 Å². The van der Waals surface area contributed by atoms with E-state index < -0.39 is 0 Å². The molecule has 3 unspecified atom stereocenters. The average Bonchev–Trinajstić information content (AvgIpc) is 2.89. The Balaban J connectivity index is 2.05. The summed E-state index contributed by atoms with van der Waals surface area (Å²) >= 11 is 3.56. The Morgan fingerprint density at radius 2 is 1.83 bits per heavy atom. The third-order valence-electron chi connectivity index (χ3n) is 4.88. The van der Waals surface area contributed by atoms with E-state index in [2.05, 4.69) is 81.5 Å². The van der Waals surface area contributed by atoms with Crippen LogP contribution in [0.5, 0.6) is 0 Å². The lowest BCUT2D eigenvalue weighted by molar-refractivity contribution is 0.483. The van der Waals surface area contributed by atoms with Gasteiger partial charge in [-0.1, -0.05) is 64.5 Å². The quantitative estimate of drug-likeness (QED) is 0.688. The lowest BCUT2D eigenvalue weighted by Crippen LogP contribution is -2.31. The van der Waals surface area contributed by atoms with E-state index in [1.165, 1.54) is 16.8 Å². The second kappa shape index (κ2) is 7.19. The van der Waals surface area contributed by atoms with Gasteiger partial charge >= 0.3 is 0 Å². The van der Waals surface area contributed by atoms with E-state index in [0.29, 0.717) is 5.92 Å². The van der Waals surface area contributed by atoms with Crippen molar-refractivity contribution in [3.63, 3.8) is 0 Å². The molecule has 1 heterocycles. The molecule has 23 heavy (non-hydrogen) atoms. The Hall–Kier alpha value is -1.79. The predicted octanol–water partition coefficient (Wildman–Crippen LogP) is 5.07. The number of fused-ring (bicyclic) bond motifs is 1. The Morgan fingerprint density at radius 1 is 1.13 bits per heavy atom. The summed E-state index contributed by atoms with van der Waals surface area (Å²) in [7, 11) is 2.04. The SMILES string of the molecule is CN1c2ccccc2C(C(CCCBr)c2ccccc2)C1C#N. The van der Waals surface area contributed by atoms with Gasteiger partial charge in [0.1, 0.15) is 6.04 Å². The smallest absolute Gasteiger partial charge is 0.124 e. The molecule has 3 heteroatoms.